The fourth-order valence-electron chi connectivity index (χ4n) is 7.22. The van der Waals surface area contributed by atoms with Crippen LogP contribution in [0.15, 0.2) is 65.6 Å². The molecule has 0 bridgehead atoms. The summed E-state index contributed by atoms with van der Waals surface area (Å²) >= 11 is 0. The number of anilines is 3. The number of imidazole rings is 2. The summed E-state index contributed by atoms with van der Waals surface area (Å²) in [6.07, 6.45) is 3.38. The minimum Gasteiger partial charge on any atom is -0.388 e. The minimum absolute atomic E-state index is 0.0278. The van der Waals surface area contributed by atoms with Crippen molar-refractivity contribution in [3.63, 3.8) is 0 Å². The molecule has 0 radical (unpaired) electrons. The van der Waals surface area contributed by atoms with Gasteiger partial charge in [-0.05, 0) is 98.2 Å². The summed E-state index contributed by atoms with van der Waals surface area (Å²) in [4.78, 5) is 19.6. The van der Waals surface area contributed by atoms with Crippen LogP contribution < -0.4 is 14.9 Å². The normalized spacial score (nSPS) is 16.0. The fraction of sp³-hybridized carbons (Fsp3) is 0.475. The van der Waals surface area contributed by atoms with Crippen molar-refractivity contribution < 1.29 is 40.2 Å². The highest BCUT2D eigenvalue weighted by atomic mass is 32.2. The molecule has 57 heavy (non-hydrogen) atoms. The van der Waals surface area contributed by atoms with Crippen molar-refractivity contribution >= 4 is 55.1 Å². The summed E-state index contributed by atoms with van der Waals surface area (Å²) in [7, 11) is -0.740. The maximum atomic E-state index is 14.4. The first-order valence-corrected chi connectivity index (χ1v) is 20.4. The van der Waals surface area contributed by atoms with Gasteiger partial charge in [0.1, 0.15) is 0 Å². The summed E-state index contributed by atoms with van der Waals surface area (Å²) in [5, 5.41) is 5.60. The Hall–Kier alpha value is -4.74. The summed E-state index contributed by atoms with van der Waals surface area (Å²) < 4.78 is 98.2. The number of hydrogen-bond donors (Lipinski definition) is 2. The number of rotatable bonds is 11. The van der Waals surface area contributed by atoms with Crippen LogP contribution in [0.5, 0.6) is 0 Å². The number of halogens is 4. The number of nitrogens with one attached hydrogen (secondary N) is 2. The smallest absolute Gasteiger partial charge is 0.302 e. The summed E-state index contributed by atoms with van der Waals surface area (Å²) in [6, 6.07) is 16.1. The first kappa shape index (κ1) is 41.9. The summed E-state index contributed by atoms with van der Waals surface area (Å²) in [5.41, 5.74) is 3.84. The molecule has 0 atom stereocenters. The third kappa shape index (κ3) is 9.70. The lowest BCUT2D eigenvalue weighted by molar-refractivity contribution is -0.114. The van der Waals surface area contributed by atoms with Crippen LogP contribution >= 0.6 is 0 Å². The number of sulfonamides is 1. The first-order valence-electron chi connectivity index (χ1n) is 18.9. The molecule has 12 nitrogen and oxygen atoms in total. The predicted molar refractivity (Wildman–Crippen MR) is 212 cm³/mol. The highest BCUT2D eigenvalue weighted by Crippen LogP contribution is 2.35. The van der Waals surface area contributed by atoms with Gasteiger partial charge < -0.3 is 29.2 Å². The van der Waals surface area contributed by atoms with Crippen molar-refractivity contribution in [1.82, 2.24) is 19.1 Å². The van der Waals surface area contributed by atoms with Crippen LogP contribution in [0, 0.1) is 11.8 Å². The van der Waals surface area contributed by atoms with Crippen LogP contribution in [0.25, 0.3) is 22.1 Å². The van der Waals surface area contributed by atoms with Crippen LogP contribution in [0.2, 0.25) is 0 Å². The van der Waals surface area contributed by atoms with Crippen LogP contribution in [0.4, 0.5) is 34.6 Å². The van der Waals surface area contributed by atoms with Gasteiger partial charge in [-0.1, -0.05) is 0 Å². The van der Waals surface area contributed by atoms with E-state index in [0.717, 1.165) is 55.0 Å². The maximum absolute atomic E-state index is 14.4. The van der Waals surface area contributed by atoms with Gasteiger partial charge in [-0.3, -0.25) is 9.10 Å². The number of fused-ring (bicyclic) bond motifs is 2. The third-order valence-corrected chi connectivity index (χ3v) is 12.1. The number of benzene rings is 3. The SMILES string of the molecule is CC(=O)Nc1ccc(S(=O)(=O)N(C)c2ccc3c(c2)nc(C(C)(F)F)n3CC2CCOCC2)cc1.CNc1ccc2c(c1)nc(C(C)(F)F)n2CC1CCOCC1. The molecule has 0 unspecified atom stereocenters. The molecular formula is C40H49F4N7O5S. The number of carbonyl (C=O) groups is 1. The lowest BCUT2D eigenvalue weighted by Gasteiger charge is -2.24. The number of carbonyl (C=O) groups excluding carboxylic acids is 1. The zero-order valence-electron chi connectivity index (χ0n) is 32.7. The molecule has 2 aromatic heterocycles. The van der Waals surface area contributed by atoms with Gasteiger partial charge in [-0.25, -0.2) is 18.4 Å². The predicted octanol–water partition coefficient (Wildman–Crippen LogP) is 7.97. The molecule has 2 N–H and O–H groups in total. The van der Waals surface area contributed by atoms with E-state index in [1.807, 2.05) is 18.2 Å². The van der Waals surface area contributed by atoms with Gasteiger partial charge in [0.05, 0.1) is 32.6 Å². The number of nitrogens with zero attached hydrogens (tertiary/aromatic N) is 5. The van der Waals surface area contributed by atoms with Crippen molar-refractivity contribution in [2.24, 2.45) is 11.8 Å². The van der Waals surface area contributed by atoms with E-state index in [-0.39, 0.29) is 28.4 Å². The first-order chi connectivity index (χ1) is 26.9. The van der Waals surface area contributed by atoms with Crippen molar-refractivity contribution in [1.29, 1.82) is 0 Å². The number of amides is 1. The molecule has 7 rings (SSSR count). The second-order valence-corrected chi connectivity index (χ2v) is 16.8. The molecule has 0 spiro atoms. The van der Waals surface area contributed by atoms with Crippen molar-refractivity contribution in [3.05, 3.63) is 72.3 Å². The zero-order valence-corrected chi connectivity index (χ0v) is 33.5. The molecule has 3 aromatic carbocycles. The topological polar surface area (TPSA) is 133 Å². The second kappa shape index (κ2) is 17.0. The highest BCUT2D eigenvalue weighted by Gasteiger charge is 2.34. The van der Waals surface area contributed by atoms with Crippen molar-refractivity contribution in [3.8, 4) is 0 Å². The molecule has 17 heteroatoms. The average Bonchev–Trinajstić information content (AvgIpc) is 3.73. The van der Waals surface area contributed by atoms with Crippen LogP contribution in [-0.2, 0) is 49.2 Å². The minimum atomic E-state index is -3.94. The van der Waals surface area contributed by atoms with E-state index in [2.05, 4.69) is 20.6 Å². The van der Waals surface area contributed by atoms with Crippen LogP contribution in [-0.4, -0.2) is 74.0 Å². The van der Waals surface area contributed by atoms with Gasteiger partial charge in [-0.15, -0.1) is 0 Å². The average molecular weight is 816 g/mol. The van der Waals surface area contributed by atoms with Crippen LogP contribution in [0.1, 0.15) is 58.1 Å². The Kier molecular flexibility index (Phi) is 12.5. The zero-order chi connectivity index (χ0) is 41.1. The number of alkyl halides is 4. The Morgan fingerprint density at radius 2 is 1.23 bits per heavy atom. The summed E-state index contributed by atoms with van der Waals surface area (Å²) in [5.74, 6) is -6.31. The molecule has 4 heterocycles. The molecule has 2 aliphatic heterocycles. The van der Waals surface area contributed by atoms with E-state index in [0.29, 0.717) is 73.4 Å². The molecule has 2 saturated heterocycles. The summed E-state index contributed by atoms with van der Waals surface area (Å²) in [6.45, 7) is 6.67. The van der Waals surface area contributed by atoms with E-state index in [1.54, 1.807) is 28.3 Å². The fourth-order valence-corrected chi connectivity index (χ4v) is 8.41. The molecule has 2 aliphatic rings. The van der Waals surface area contributed by atoms with Gasteiger partial charge in [-0.2, -0.15) is 17.6 Å². The molecule has 5 aromatic rings. The largest absolute Gasteiger partial charge is 0.388 e. The lowest BCUT2D eigenvalue weighted by atomic mass is 10.00. The number of ether oxygens (including phenoxy) is 2. The maximum Gasteiger partial charge on any atom is 0.302 e. The molecule has 1 amide bonds. The molecule has 0 saturated carbocycles. The Morgan fingerprint density at radius 3 is 1.68 bits per heavy atom. The van der Waals surface area contributed by atoms with Gasteiger partial charge in [0.15, 0.2) is 11.6 Å². The van der Waals surface area contributed by atoms with E-state index in [1.165, 1.54) is 44.3 Å². The molecule has 308 valence electrons. The van der Waals surface area contributed by atoms with Crippen LogP contribution in [0.3, 0.4) is 0 Å². The number of hydrogen-bond acceptors (Lipinski definition) is 8. The second-order valence-electron chi connectivity index (χ2n) is 14.8. The highest BCUT2D eigenvalue weighted by molar-refractivity contribution is 7.92. The van der Waals surface area contributed by atoms with E-state index in [9.17, 15) is 30.8 Å². The Morgan fingerprint density at radius 1 is 0.772 bits per heavy atom. The molecule has 2 fully saturated rings. The Labute approximate surface area is 329 Å². The Bertz CT molecular complexity index is 2290. The quantitative estimate of drug-likeness (QED) is 0.128. The van der Waals surface area contributed by atoms with E-state index in [4.69, 9.17) is 9.47 Å². The standard InChI is InChI=1S/C24H28F2N4O4S.C16H21F2N3O/c1-16(31)27-18-4-7-20(8-5-18)35(32,33)29(3)19-6-9-22-21(14-19)28-23(24(2,25)26)30(22)15-17-10-12-34-13-11-17;1-16(17,18)15-20-13-9-12(19-2)3-4-14(13)21(15)10-11-5-7-22-8-6-11/h4-9,14,17H,10-13,15H2,1-3H3,(H,27,31);3-4,9,11,19H,5-8,10H2,1-2H3. The number of aromatic nitrogens is 4. The van der Waals surface area contributed by atoms with Gasteiger partial charge in [0, 0.05) is 85.8 Å². The van der Waals surface area contributed by atoms with Gasteiger partial charge >= 0.3 is 11.8 Å². The molecular weight excluding hydrogens is 767 g/mol. The monoisotopic (exact) mass is 815 g/mol. The van der Waals surface area contributed by atoms with Crippen molar-refractivity contribution in [2.45, 2.75) is 76.3 Å². The van der Waals surface area contributed by atoms with Gasteiger partial charge in [0.25, 0.3) is 10.0 Å². The van der Waals surface area contributed by atoms with E-state index < -0.39 is 21.9 Å². The third-order valence-electron chi connectivity index (χ3n) is 10.3. The Balaban J connectivity index is 0.000000214. The molecule has 0 aliphatic carbocycles. The van der Waals surface area contributed by atoms with Gasteiger partial charge in [0.2, 0.25) is 5.91 Å². The van der Waals surface area contributed by atoms with Crippen molar-refractivity contribution in [2.75, 3.05) is 55.5 Å². The lowest BCUT2D eigenvalue weighted by Crippen LogP contribution is -2.26. The van der Waals surface area contributed by atoms with E-state index >= 15 is 0 Å².